The van der Waals surface area contributed by atoms with Crippen LogP contribution in [0.1, 0.15) is 5.56 Å². The van der Waals surface area contributed by atoms with E-state index < -0.39 is 6.67 Å². The van der Waals surface area contributed by atoms with Gasteiger partial charge in [0.2, 0.25) is 0 Å². The van der Waals surface area contributed by atoms with Crippen LogP contribution >= 0.6 is 22.9 Å². The summed E-state index contributed by atoms with van der Waals surface area (Å²) in [6.45, 7) is -0.584. The van der Waals surface area contributed by atoms with Crippen molar-refractivity contribution in [2.24, 2.45) is 0 Å². The summed E-state index contributed by atoms with van der Waals surface area (Å²) >= 11 is 7.25. The molecule has 0 atom stereocenters. The fourth-order valence-corrected chi connectivity index (χ4v) is 4.13. The monoisotopic (exact) mass is 446 g/mol. The number of nitrogens with zero attached hydrogens (tertiary/aromatic N) is 2. The average molecular weight is 447 g/mol. The van der Waals surface area contributed by atoms with Gasteiger partial charge in [0.05, 0.1) is 22.4 Å². The molecule has 4 rings (SSSR count). The van der Waals surface area contributed by atoms with Crippen LogP contribution in [0.5, 0.6) is 17.2 Å². The zero-order valence-electron chi connectivity index (χ0n) is 15.8. The summed E-state index contributed by atoms with van der Waals surface area (Å²) in [6.07, 6.45) is 3.32. The van der Waals surface area contributed by atoms with Crippen molar-refractivity contribution in [1.82, 2.24) is 9.38 Å². The van der Waals surface area contributed by atoms with Gasteiger partial charge in [-0.05, 0) is 35.9 Å². The first-order chi connectivity index (χ1) is 14.5. The van der Waals surface area contributed by atoms with Crippen LogP contribution in [0.25, 0.3) is 22.3 Å². The molecule has 6 nitrogen and oxygen atoms in total. The lowest BCUT2D eigenvalue weighted by molar-refractivity contribution is 0.273. The first-order valence-electron chi connectivity index (χ1n) is 8.89. The minimum absolute atomic E-state index is 0.0162. The highest BCUT2D eigenvalue weighted by molar-refractivity contribution is 7.15. The summed E-state index contributed by atoms with van der Waals surface area (Å²) in [7, 11) is 1.42. The van der Waals surface area contributed by atoms with E-state index in [2.05, 4.69) is 4.98 Å². The fourth-order valence-electron chi connectivity index (χ4n) is 2.96. The Kier molecular flexibility index (Phi) is 5.61. The van der Waals surface area contributed by atoms with Crippen LogP contribution in [0.2, 0.25) is 5.02 Å². The molecule has 154 valence electrons. The topological polar surface area (TPSA) is 73.1 Å². The first kappa shape index (κ1) is 20.2. The summed E-state index contributed by atoms with van der Waals surface area (Å²) in [5.41, 5.74) is 1.78. The Bertz CT molecular complexity index is 1340. The second kappa shape index (κ2) is 8.33. The van der Waals surface area contributed by atoms with Gasteiger partial charge in [-0.3, -0.25) is 9.20 Å². The number of thiazole rings is 1. The molecule has 0 saturated carbocycles. The number of methoxy groups -OCH3 is 1. The summed E-state index contributed by atoms with van der Waals surface area (Å²) in [5, 5.41) is 9.99. The molecule has 0 spiro atoms. The number of rotatable bonds is 6. The van der Waals surface area contributed by atoms with Crippen LogP contribution in [-0.4, -0.2) is 34.9 Å². The molecule has 2 aromatic carbocycles. The Morgan fingerprint density at radius 2 is 2.17 bits per heavy atom. The number of imidazole rings is 1. The van der Waals surface area contributed by atoms with E-state index >= 15 is 0 Å². The highest BCUT2D eigenvalue weighted by Crippen LogP contribution is 2.35. The lowest BCUT2D eigenvalue weighted by atomic mass is 10.1. The number of hydrogen-bond donors (Lipinski definition) is 1. The maximum atomic E-state index is 12.8. The van der Waals surface area contributed by atoms with Crippen molar-refractivity contribution in [3.05, 3.63) is 68.1 Å². The first-order valence-corrected chi connectivity index (χ1v) is 10.1. The molecular formula is C21H16ClFN2O4S. The highest BCUT2D eigenvalue weighted by atomic mass is 35.5. The molecule has 0 unspecified atom stereocenters. The van der Waals surface area contributed by atoms with Gasteiger partial charge in [0.25, 0.3) is 5.56 Å². The molecule has 0 saturated heterocycles. The van der Waals surface area contributed by atoms with Gasteiger partial charge in [-0.2, -0.15) is 0 Å². The van der Waals surface area contributed by atoms with Gasteiger partial charge < -0.3 is 14.6 Å². The molecule has 0 aliphatic carbocycles. The van der Waals surface area contributed by atoms with Crippen LogP contribution in [0, 0.1) is 0 Å². The summed E-state index contributed by atoms with van der Waals surface area (Å²) in [5.74, 6) is 0.609. The highest BCUT2D eigenvalue weighted by Gasteiger charge is 2.12. The third-order valence-electron chi connectivity index (χ3n) is 4.35. The molecule has 4 aromatic rings. The summed E-state index contributed by atoms with van der Waals surface area (Å²) in [4.78, 5) is 17.9. The molecule has 2 aromatic heterocycles. The zero-order valence-corrected chi connectivity index (χ0v) is 17.3. The average Bonchev–Trinajstić information content (AvgIpc) is 3.29. The van der Waals surface area contributed by atoms with Crippen molar-refractivity contribution >= 4 is 34.0 Å². The Hall–Kier alpha value is -3.10. The van der Waals surface area contributed by atoms with Crippen LogP contribution in [-0.2, 0) is 0 Å². The number of hydrogen-bond acceptors (Lipinski definition) is 6. The predicted molar refractivity (Wildman–Crippen MR) is 115 cm³/mol. The van der Waals surface area contributed by atoms with Crippen molar-refractivity contribution in [1.29, 1.82) is 0 Å². The molecule has 0 radical (unpaired) electrons. The number of aromatic hydroxyl groups is 1. The summed E-state index contributed by atoms with van der Waals surface area (Å²) in [6, 6.07) is 10.3. The minimum Gasteiger partial charge on any atom is -0.503 e. The quantitative estimate of drug-likeness (QED) is 0.489. The molecule has 0 bridgehead atoms. The van der Waals surface area contributed by atoms with E-state index in [9.17, 15) is 14.3 Å². The molecule has 0 fully saturated rings. The van der Waals surface area contributed by atoms with E-state index in [4.69, 9.17) is 21.1 Å². The van der Waals surface area contributed by atoms with Crippen LogP contribution in [0.4, 0.5) is 4.39 Å². The number of benzene rings is 2. The molecule has 1 N–H and O–H groups in total. The molecule has 0 amide bonds. The van der Waals surface area contributed by atoms with Gasteiger partial charge in [0.15, 0.2) is 16.5 Å². The van der Waals surface area contributed by atoms with Crippen LogP contribution < -0.4 is 19.6 Å². The SMILES string of the molecule is COc1cc(/C=c2\sc3nc(-c4cccc(OCCF)c4)cn3c2=O)cc(Cl)c1O. The molecule has 0 aliphatic rings. The number of phenolic OH excluding ortho intramolecular Hbond substituents is 1. The number of phenols is 1. The smallest absolute Gasteiger partial charge is 0.274 e. The lowest BCUT2D eigenvalue weighted by Gasteiger charge is -2.05. The van der Waals surface area contributed by atoms with E-state index in [-0.39, 0.29) is 28.7 Å². The number of aromatic nitrogens is 2. The van der Waals surface area contributed by atoms with Gasteiger partial charge in [-0.25, -0.2) is 9.37 Å². The largest absolute Gasteiger partial charge is 0.503 e. The van der Waals surface area contributed by atoms with E-state index in [1.807, 2.05) is 6.07 Å². The van der Waals surface area contributed by atoms with Gasteiger partial charge >= 0.3 is 0 Å². The van der Waals surface area contributed by atoms with Crippen molar-refractivity contribution in [2.45, 2.75) is 0 Å². The van der Waals surface area contributed by atoms with E-state index in [0.29, 0.717) is 26.5 Å². The van der Waals surface area contributed by atoms with Crippen molar-refractivity contribution in [3.8, 4) is 28.5 Å². The van der Waals surface area contributed by atoms with Crippen molar-refractivity contribution in [3.63, 3.8) is 0 Å². The minimum atomic E-state index is -0.568. The number of alkyl halides is 1. The Morgan fingerprint density at radius 3 is 2.90 bits per heavy atom. The molecule has 9 heteroatoms. The zero-order chi connectivity index (χ0) is 21.3. The normalized spacial score (nSPS) is 11.9. The second-order valence-electron chi connectivity index (χ2n) is 6.31. The Morgan fingerprint density at radius 1 is 1.33 bits per heavy atom. The van der Waals surface area contributed by atoms with Gasteiger partial charge in [0.1, 0.15) is 19.0 Å². The Labute approximate surface area is 179 Å². The van der Waals surface area contributed by atoms with E-state index in [1.165, 1.54) is 22.8 Å². The third-order valence-corrected chi connectivity index (χ3v) is 5.62. The molecular weight excluding hydrogens is 431 g/mol. The number of halogens is 2. The van der Waals surface area contributed by atoms with Gasteiger partial charge in [0, 0.05) is 11.8 Å². The predicted octanol–water partition coefficient (Wildman–Crippen LogP) is 3.69. The maximum Gasteiger partial charge on any atom is 0.274 e. The number of fused-ring (bicyclic) bond motifs is 1. The third kappa shape index (κ3) is 3.83. The van der Waals surface area contributed by atoms with Crippen molar-refractivity contribution < 1.29 is 19.0 Å². The molecule has 30 heavy (non-hydrogen) atoms. The van der Waals surface area contributed by atoms with Gasteiger partial charge in [-0.1, -0.05) is 35.1 Å². The fraction of sp³-hybridized carbons (Fsp3) is 0.143. The van der Waals surface area contributed by atoms with E-state index in [0.717, 1.165) is 5.56 Å². The number of ether oxygens (including phenoxy) is 2. The maximum absolute atomic E-state index is 12.8. The van der Waals surface area contributed by atoms with E-state index in [1.54, 1.807) is 42.6 Å². The molecule has 2 heterocycles. The van der Waals surface area contributed by atoms with Gasteiger partial charge in [-0.15, -0.1) is 0 Å². The van der Waals surface area contributed by atoms with Crippen LogP contribution in [0.15, 0.2) is 47.4 Å². The molecule has 0 aliphatic heterocycles. The second-order valence-corrected chi connectivity index (χ2v) is 7.73. The lowest BCUT2D eigenvalue weighted by Crippen LogP contribution is -2.22. The summed E-state index contributed by atoms with van der Waals surface area (Å²) < 4.78 is 24.7. The standard InChI is InChI=1S/C21H16ClFN2O4S/c1-28-17-8-12(7-15(22)19(17)26)9-18-20(27)25-11-16(24-21(25)30-18)13-3-2-4-14(10-13)29-6-5-23/h2-4,7-11,26H,5-6H2,1H3/b18-9-. The van der Waals surface area contributed by atoms with Crippen molar-refractivity contribution in [2.75, 3.05) is 20.4 Å². The van der Waals surface area contributed by atoms with Crippen LogP contribution in [0.3, 0.4) is 0 Å². The Balaban J connectivity index is 1.72.